The molecule has 1 saturated carbocycles. The molecule has 3 aromatic rings. The van der Waals surface area contributed by atoms with Crippen LogP contribution >= 0.6 is 0 Å². The van der Waals surface area contributed by atoms with Crippen molar-refractivity contribution in [2.45, 2.75) is 72.3 Å². The normalized spacial score (nSPS) is 21.9. The number of aromatic amines is 1. The van der Waals surface area contributed by atoms with Crippen LogP contribution in [0.4, 0.5) is 19.1 Å². The number of alkyl halides is 3. The Balaban J connectivity index is 1.38. The predicted octanol–water partition coefficient (Wildman–Crippen LogP) is 4.21. The molecule has 1 unspecified atom stereocenters. The minimum absolute atomic E-state index is 0.0229. The van der Waals surface area contributed by atoms with Gasteiger partial charge >= 0.3 is 6.18 Å². The van der Waals surface area contributed by atoms with Gasteiger partial charge in [0.05, 0.1) is 6.07 Å². The number of aromatic nitrogens is 3. The first-order valence-electron chi connectivity index (χ1n) is 14.7. The van der Waals surface area contributed by atoms with Crippen LogP contribution in [0.3, 0.4) is 0 Å². The lowest BCUT2D eigenvalue weighted by Gasteiger charge is -2.37. The predicted molar refractivity (Wildman–Crippen MR) is 161 cm³/mol. The van der Waals surface area contributed by atoms with Gasteiger partial charge in [0.2, 0.25) is 17.8 Å². The summed E-state index contributed by atoms with van der Waals surface area (Å²) in [5, 5.41) is 16.3. The van der Waals surface area contributed by atoms with Crippen molar-refractivity contribution in [1.29, 1.82) is 5.26 Å². The molecule has 0 bridgehead atoms. The highest BCUT2D eigenvalue weighted by molar-refractivity contribution is 5.93. The van der Waals surface area contributed by atoms with Gasteiger partial charge in [-0.05, 0) is 59.2 Å². The number of hydrogen-bond donors (Lipinski definition) is 3. The number of anilines is 1. The third-order valence-electron chi connectivity index (χ3n) is 9.07. The number of benzene rings is 1. The van der Waals surface area contributed by atoms with Crippen LogP contribution in [0, 0.1) is 40.9 Å². The number of nitrogens with zero attached hydrogens (tertiary/aromatic N) is 4. The van der Waals surface area contributed by atoms with Gasteiger partial charge < -0.3 is 20.5 Å². The number of nitrogens with one attached hydrogen (secondary N) is 3. The van der Waals surface area contributed by atoms with Crippen LogP contribution in [0.5, 0.6) is 0 Å². The first kappa shape index (κ1) is 31.9. The van der Waals surface area contributed by atoms with Gasteiger partial charge in [0, 0.05) is 30.2 Å². The molecule has 0 spiro atoms. The van der Waals surface area contributed by atoms with Crippen LogP contribution in [0.1, 0.15) is 51.4 Å². The molecule has 5 rings (SSSR count). The maximum atomic E-state index is 14.1. The third kappa shape index (κ3) is 6.23. The Morgan fingerprint density at radius 1 is 1.20 bits per heavy atom. The van der Waals surface area contributed by atoms with Gasteiger partial charge in [-0.3, -0.25) is 14.4 Å². The van der Waals surface area contributed by atoms with E-state index in [4.69, 9.17) is 0 Å². The average molecular weight is 624 g/mol. The molecule has 45 heavy (non-hydrogen) atoms. The van der Waals surface area contributed by atoms with Gasteiger partial charge in [-0.15, -0.1) is 0 Å². The summed E-state index contributed by atoms with van der Waals surface area (Å²) in [6.07, 6.45) is -3.77. The first-order valence-corrected chi connectivity index (χ1v) is 14.7. The zero-order valence-electron chi connectivity index (χ0n) is 25.9. The van der Waals surface area contributed by atoms with Crippen molar-refractivity contribution in [2.75, 3.05) is 11.9 Å². The van der Waals surface area contributed by atoms with E-state index in [1.54, 1.807) is 32.9 Å². The Morgan fingerprint density at radius 3 is 2.56 bits per heavy atom. The first-order chi connectivity index (χ1) is 20.9. The van der Waals surface area contributed by atoms with Crippen LogP contribution < -0.4 is 16.2 Å². The lowest BCUT2D eigenvalue weighted by Crippen LogP contribution is -2.57. The van der Waals surface area contributed by atoms with Gasteiger partial charge in [-0.25, -0.2) is 9.97 Å². The molecule has 10 nitrogen and oxygen atoms in total. The van der Waals surface area contributed by atoms with Crippen molar-refractivity contribution >= 4 is 28.7 Å². The highest BCUT2D eigenvalue weighted by Gasteiger charge is 2.69. The molecule has 5 atom stereocenters. The molecule has 1 aliphatic heterocycles. The number of likely N-dealkylation sites (tertiary alicyclic amines) is 1. The molecule has 238 valence electrons. The lowest BCUT2D eigenvalue weighted by molar-refractivity contribution is -0.142. The molecule has 3 heterocycles. The van der Waals surface area contributed by atoms with Gasteiger partial charge in [0.15, 0.2) is 0 Å². The van der Waals surface area contributed by atoms with Gasteiger partial charge in [-0.1, -0.05) is 46.2 Å². The van der Waals surface area contributed by atoms with Crippen LogP contribution in [-0.2, 0) is 22.2 Å². The fourth-order valence-corrected chi connectivity index (χ4v) is 6.47. The standard InChI is InChI=1S/C32H36F3N7O3/c1-16-7-8-21-17(11-16)12-18(26(43)39-21)13-19(14-36)38-27(44)24-23-20(31(23,5)6)15-42(24)28(45)25(30(2,3)4)41-29-37-10-9-22(40-29)32(33,34)35/h7-12,19-20,23-25H,13,15H2,1-6H3,(H,38,44)(H,39,43)(H,37,40,41)/t19?,20-,23-,24-,25+/m0/s1. The summed E-state index contributed by atoms with van der Waals surface area (Å²) in [6.45, 7) is 11.5. The van der Waals surface area contributed by atoms with E-state index >= 15 is 0 Å². The zero-order valence-corrected chi connectivity index (χ0v) is 25.9. The van der Waals surface area contributed by atoms with E-state index in [0.717, 1.165) is 23.2 Å². The number of piperidine rings is 1. The number of nitriles is 1. The van der Waals surface area contributed by atoms with Crippen molar-refractivity contribution in [2.24, 2.45) is 22.7 Å². The second kappa shape index (κ2) is 11.2. The van der Waals surface area contributed by atoms with E-state index in [2.05, 4.69) is 31.7 Å². The van der Waals surface area contributed by atoms with E-state index in [-0.39, 0.29) is 41.7 Å². The van der Waals surface area contributed by atoms with Crippen molar-refractivity contribution < 1.29 is 22.8 Å². The van der Waals surface area contributed by atoms with Crippen molar-refractivity contribution in [1.82, 2.24) is 25.2 Å². The molecule has 1 aromatic carbocycles. The fourth-order valence-electron chi connectivity index (χ4n) is 6.47. The van der Waals surface area contributed by atoms with Crippen LogP contribution in [-0.4, -0.2) is 56.3 Å². The largest absolute Gasteiger partial charge is 0.433 e. The Labute approximate surface area is 258 Å². The van der Waals surface area contributed by atoms with Crippen LogP contribution in [0.15, 0.2) is 41.3 Å². The fraction of sp³-hybridized carbons (Fsp3) is 0.500. The molecular weight excluding hydrogens is 587 g/mol. The van der Waals surface area contributed by atoms with E-state index < -0.39 is 47.2 Å². The van der Waals surface area contributed by atoms with Gasteiger partial charge in [-0.2, -0.15) is 18.4 Å². The van der Waals surface area contributed by atoms with Crippen molar-refractivity contribution in [3.8, 4) is 6.07 Å². The molecule has 1 saturated heterocycles. The molecule has 2 aromatic heterocycles. The highest BCUT2D eigenvalue weighted by atomic mass is 19.4. The number of amides is 2. The lowest BCUT2D eigenvalue weighted by atomic mass is 9.85. The number of halogens is 3. The van der Waals surface area contributed by atoms with Crippen molar-refractivity contribution in [3.05, 3.63) is 63.7 Å². The van der Waals surface area contributed by atoms with E-state index in [0.29, 0.717) is 11.1 Å². The van der Waals surface area contributed by atoms with E-state index in [1.165, 1.54) is 4.90 Å². The molecule has 0 radical (unpaired) electrons. The zero-order chi connectivity index (χ0) is 33.1. The summed E-state index contributed by atoms with van der Waals surface area (Å²) in [5.74, 6) is -1.53. The Hall–Kier alpha value is -4.47. The summed E-state index contributed by atoms with van der Waals surface area (Å²) in [6, 6.07) is 7.09. The molecular formula is C32H36F3N7O3. The third-order valence-corrected chi connectivity index (χ3v) is 9.07. The van der Waals surface area contributed by atoms with Crippen molar-refractivity contribution in [3.63, 3.8) is 0 Å². The Kier molecular flexibility index (Phi) is 7.92. The summed E-state index contributed by atoms with van der Waals surface area (Å²) in [7, 11) is 0. The summed E-state index contributed by atoms with van der Waals surface area (Å²) < 4.78 is 39.9. The monoisotopic (exact) mass is 623 g/mol. The maximum Gasteiger partial charge on any atom is 0.433 e. The highest BCUT2D eigenvalue weighted by Crippen LogP contribution is 2.65. The number of fused-ring (bicyclic) bond motifs is 2. The van der Waals surface area contributed by atoms with Gasteiger partial charge in [0.25, 0.3) is 5.56 Å². The Bertz CT molecular complexity index is 1760. The number of carbonyl (C=O) groups is 2. The average Bonchev–Trinajstić information content (AvgIpc) is 3.26. The maximum absolute atomic E-state index is 14.1. The SMILES string of the molecule is Cc1ccc2[nH]c(=O)c(CC(C#N)NC(=O)[C@@H]3[C@@H]4[C@H](CN3C(=O)[C@@H](Nc3nccc(C(F)(F)F)n3)C(C)(C)C)C4(C)C)cc2c1. The summed E-state index contributed by atoms with van der Waals surface area (Å²) in [5.41, 5.74) is -0.553. The van der Waals surface area contributed by atoms with Crippen LogP contribution in [0.25, 0.3) is 10.9 Å². The molecule has 13 heteroatoms. The Morgan fingerprint density at radius 2 is 1.91 bits per heavy atom. The number of rotatable bonds is 7. The quantitative estimate of drug-likeness (QED) is 0.358. The number of H-pyrrole nitrogens is 1. The van der Waals surface area contributed by atoms with Crippen LogP contribution in [0.2, 0.25) is 0 Å². The summed E-state index contributed by atoms with van der Waals surface area (Å²) in [4.78, 5) is 52.5. The second-order valence-electron chi connectivity index (χ2n) is 13.7. The molecule has 3 N–H and O–H groups in total. The number of carbonyl (C=O) groups excluding carboxylic acids is 2. The topological polar surface area (TPSA) is 144 Å². The second-order valence-corrected chi connectivity index (χ2v) is 13.7. The van der Waals surface area contributed by atoms with E-state index in [1.807, 2.05) is 32.9 Å². The number of hydrogen-bond acceptors (Lipinski definition) is 7. The van der Waals surface area contributed by atoms with E-state index in [9.17, 15) is 32.8 Å². The molecule has 2 aliphatic rings. The minimum Gasteiger partial charge on any atom is -0.342 e. The summed E-state index contributed by atoms with van der Waals surface area (Å²) >= 11 is 0. The smallest absolute Gasteiger partial charge is 0.342 e. The minimum atomic E-state index is -4.69. The number of aryl methyl sites for hydroxylation is 1. The molecule has 2 fully saturated rings. The number of pyridine rings is 1. The molecule has 1 aliphatic carbocycles. The molecule has 2 amide bonds. The van der Waals surface area contributed by atoms with Gasteiger partial charge in [0.1, 0.15) is 23.8 Å².